The van der Waals surface area contributed by atoms with Gasteiger partial charge in [-0.05, 0) is 50.4 Å². The van der Waals surface area contributed by atoms with Crippen molar-refractivity contribution in [2.24, 2.45) is 0 Å². The molecular weight excluding hydrogens is 240 g/mol. The second-order valence-electron chi connectivity index (χ2n) is 5.02. The number of hydrogen-bond donors (Lipinski definition) is 2. The zero-order valence-corrected chi connectivity index (χ0v) is 11.4. The van der Waals surface area contributed by atoms with Gasteiger partial charge in [-0.2, -0.15) is 0 Å². The van der Waals surface area contributed by atoms with Gasteiger partial charge in [0.1, 0.15) is 0 Å². The minimum absolute atomic E-state index is 0.00191. The Morgan fingerprint density at radius 2 is 2.37 bits per heavy atom. The zero-order chi connectivity index (χ0) is 13.5. The van der Waals surface area contributed by atoms with E-state index in [1.165, 1.54) is 6.42 Å². The largest absolute Gasteiger partial charge is 0.378 e. The van der Waals surface area contributed by atoms with Crippen LogP contribution in [0.3, 0.4) is 0 Å². The van der Waals surface area contributed by atoms with Crippen LogP contribution < -0.4 is 10.6 Å². The Bertz CT molecular complexity index is 414. The van der Waals surface area contributed by atoms with Crippen molar-refractivity contribution in [1.29, 1.82) is 0 Å². The summed E-state index contributed by atoms with van der Waals surface area (Å²) in [4.78, 5) is 11.7. The molecule has 2 N–H and O–H groups in total. The number of hydrogen-bond acceptors (Lipinski definition) is 3. The molecule has 0 aliphatic carbocycles. The number of amides is 1. The van der Waals surface area contributed by atoms with Crippen molar-refractivity contribution in [1.82, 2.24) is 5.32 Å². The van der Waals surface area contributed by atoms with E-state index >= 15 is 0 Å². The maximum absolute atomic E-state index is 11.7. The van der Waals surface area contributed by atoms with E-state index in [2.05, 4.69) is 10.6 Å². The Morgan fingerprint density at radius 3 is 3.11 bits per heavy atom. The molecule has 2 rings (SSSR count). The fourth-order valence-electron chi connectivity index (χ4n) is 2.26. The van der Waals surface area contributed by atoms with Gasteiger partial charge in [0.2, 0.25) is 5.91 Å². The number of aryl methyl sites for hydroxylation is 1. The molecule has 1 aliphatic heterocycles. The third-order valence-electron chi connectivity index (χ3n) is 3.25. The standard InChI is InChI=1S/C15H22N2O2/c1-12-4-2-5-13(10-12)17-15(18)11-16-8-7-14-6-3-9-19-14/h2,4-5,10,14,16H,3,6-9,11H2,1H3,(H,17,18). The molecule has 1 aliphatic rings. The normalized spacial score (nSPS) is 18.5. The monoisotopic (exact) mass is 262 g/mol. The summed E-state index contributed by atoms with van der Waals surface area (Å²) in [5.41, 5.74) is 2.00. The van der Waals surface area contributed by atoms with Gasteiger partial charge in [0.05, 0.1) is 12.6 Å². The highest BCUT2D eigenvalue weighted by Gasteiger charge is 2.14. The first-order chi connectivity index (χ1) is 9.24. The van der Waals surface area contributed by atoms with E-state index in [0.29, 0.717) is 12.6 Å². The molecule has 4 nitrogen and oxygen atoms in total. The molecule has 0 spiro atoms. The SMILES string of the molecule is Cc1cccc(NC(=O)CNCCC2CCCO2)c1. The Hall–Kier alpha value is -1.39. The fourth-order valence-corrected chi connectivity index (χ4v) is 2.26. The summed E-state index contributed by atoms with van der Waals surface area (Å²) < 4.78 is 5.53. The second kappa shape index (κ2) is 7.26. The molecule has 0 aromatic heterocycles. The quantitative estimate of drug-likeness (QED) is 0.772. The Labute approximate surface area is 114 Å². The van der Waals surface area contributed by atoms with Crippen LogP contribution in [0.15, 0.2) is 24.3 Å². The molecule has 1 saturated heterocycles. The molecule has 1 aromatic rings. The van der Waals surface area contributed by atoms with E-state index in [9.17, 15) is 4.79 Å². The minimum Gasteiger partial charge on any atom is -0.378 e. The number of benzene rings is 1. The van der Waals surface area contributed by atoms with Crippen LogP contribution in [-0.2, 0) is 9.53 Å². The molecule has 0 radical (unpaired) electrons. The van der Waals surface area contributed by atoms with Gasteiger partial charge < -0.3 is 15.4 Å². The Morgan fingerprint density at radius 1 is 1.47 bits per heavy atom. The summed E-state index contributed by atoms with van der Waals surface area (Å²) in [5.74, 6) is -0.00191. The molecule has 1 fully saturated rings. The van der Waals surface area contributed by atoms with Gasteiger partial charge in [-0.1, -0.05) is 12.1 Å². The third-order valence-corrected chi connectivity index (χ3v) is 3.25. The van der Waals surface area contributed by atoms with Crippen molar-refractivity contribution in [2.45, 2.75) is 32.3 Å². The second-order valence-corrected chi connectivity index (χ2v) is 5.02. The van der Waals surface area contributed by atoms with E-state index in [1.807, 2.05) is 31.2 Å². The fraction of sp³-hybridized carbons (Fsp3) is 0.533. The lowest BCUT2D eigenvalue weighted by Gasteiger charge is -2.10. The number of rotatable bonds is 6. The molecule has 104 valence electrons. The Kier molecular flexibility index (Phi) is 5.36. The van der Waals surface area contributed by atoms with Crippen LogP contribution in [0.25, 0.3) is 0 Å². The molecule has 1 heterocycles. The Balaban J connectivity index is 1.61. The number of nitrogens with one attached hydrogen (secondary N) is 2. The van der Waals surface area contributed by atoms with Crippen LogP contribution in [0.4, 0.5) is 5.69 Å². The summed E-state index contributed by atoms with van der Waals surface area (Å²) in [6.45, 7) is 4.07. The van der Waals surface area contributed by atoms with Gasteiger partial charge in [0, 0.05) is 12.3 Å². The summed E-state index contributed by atoms with van der Waals surface area (Å²) in [6.07, 6.45) is 3.68. The lowest BCUT2D eigenvalue weighted by molar-refractivity contribution is -0.115. The molecule has 1 amide bonds. The van der Waals surface area contributed by atoms with Crippen LogP contribution >= 0.6 is 0 Å². The molecular formula is C15H22N2O2. The average molecular weight is 262 g/mol. The number of ether oxygens (including phenoxy) is 1. The van der Waals surface area contributed by atoms with Crippen LogP contribution in [0.5, 0.6) is 0 Å². The van der Waals surface area contributed by atoms with Crippen molar-refractivity contribution < 1.29 is 9.53 Å². The first-order valence-electron chi connectivity index (χ1n) is 6.93. The number of carbonyl (C=O) groups excluding carboxylic acids is 1. The van der Waals surface area contributed by atoms with Crippen molar-refractivity contribution in [3.8, 4) is 0 Å². The highest BCUT2D eigenvalue weighted by Crippen LogP contribution is 2.14. The van der Waals surface area contributed by atoms with E-state index in [0.717, 1.165) is 37.2 Å². The number of carbonyl (C=O) groups is 1. The van der Waals surface area contributed by atoms with Crippen molar-refractivity contribution >= 4 is 11.6 Å². The molecule has 1 aromatic carbocycles. The molecule has 0 saturated carbocycles. The van der Waals surface area contributed by atoms with Crippen molar-refractivity contribution in [3.63, 3.8) is 0 Å². The zero-order valence-electron chi connectivity index (χ0n) is 11.4. The van der Waals surface area contributed by atoms with E-state index in [4.69, 9.17) is 4.74 Å². The minimum atomic E-state index is -0.00191. The third kappa shape index (κ3) is 5.01. The smallest absolute Gasteiger partial charge is 0.238 e. The predicted octanol–water partition coefficient (Wildman–Crippen LogP) is 2.09. The van der Waals surface area contributed by atoms with Gasteiger partial charge in [-0.25, -0.2) is 0 Å². The first-order valence-corrected chi connectivity index (χ1v) is 6.93. The summed E-state index contributed by atoms with van der Waals surface area (Å²) in [7, 11) is 0. The highest BCUT2D eigenvalue weighted by molar-refractivity contribution is 5.92. The van der Waals surface area contributed by atoms with E-state index in [1.54, 1.807) is 0 Å². The molecule has 1 atom stereocenters. The topological polar surface area (TPSA) is 50.4 Å². The summed E-state index contributed by atoms with van der Waals surface area (Å²) in [5, 5.41) is 6.03. The maximum atomic E-state index is 11.7. The van der Waals surface area contributed by atoms with Gasteiger partial charge in [0.15, 0.2) is 0 Å². The van der Waals surface area contributed by atoms with Crippen LogP contribution in [-0.4, -0.2) is 31.7 Å². The van der Waals surface area contributed by atoms with Gasteiger partial charge >= 0.3 is 0 Å². The summed E-state index contributed by atoms with van der Waals surface area (Å²) in [6, 6.07) is 7.81. The van der Waals surface area contributed by atoms with Gasteiger partial charge in [-0.3, -0.25) is 4.79 Å². The van der Waals surface area contributed by atoms with Crippen molar-refractivity contribution in [2.75, 3.05) is 25.0 Å². The number of anilines is 1. The lowest BCUT2D eigenvalue weighted by atomic mass is 10.2. The highest BCUT2D eigenvalue weighted by atomic mass is 16.5. The molecule has 19 heavy (non-hydrogen) atoms. The van der Waals surface area contributed by atoms with Gasteiger partial charge in [0.25, 0.3) is 0 Å². The van der Waals surface area contributed by atoms with Crippen LogP contribution in [0, 0.1) is 6.92 Å². The predicted molar refractivity (Wildman–Crippen MR) is 76.3 cm³/mol. The molecule has 1 unspecified atom stereocenters. The van der Waals surface area contributed by atoms with E-state index in [-0.39, 0.29) is 5.91 Å². The summed E-state index contributed by atoms with van der Waals surface area (Å²) >= 11 is 0. The van der Waals surface area contributed by atoms with Crippen LogP contribution in [0.1, 0.15) is 24.8 Å². The van der Waals surface area contributed by atoms with Gasteiger partial charge in [-0.15, -0.1) is 0 Å². The molecule has 4 heteroatoms. The van der Waals surface area contributed by atoms with Crippen molar-refractivity contribution in [3.05, 3.63) is 29.8 Å². The molecule has 0 bridgehead atoms. The van der Waals surface area contributed by atoms with E-state index < -0.39 is 0 Å². The maximum Gasteiger partial charge on any atom is 0.238 e. The first kappa shape index (κ1) is 14.0. The average Bonchev–Trinajstić information content (AvgIpc) is 2.88. The van der Waals surface area contributed by atoms with Crippen LogP contribution in [0.2, 0.25) is 0 Å². The lowest BCUT2D eigenvalue weighted by Crippen LogP contribution is -2.30.